The van der Waals surface area contributed by atoms with E-state index in [-0.39, 0.29) is 0 Å². The maximum atomic E-state index is 4.67. The molecule has 1 atom stereocenters. The summed E-state index contributed by atoms with van der Waals surface area (Å²) in [5.41, 5.74) is 2.59. The van der Waals surface area contributed by atoms with Crippen LogP contribution in [0.15, 0.2) is 36.4 Å². The number of hydrogen-bond acceptors (Lipinski definition) is 2. The normalized spacial score (nSPS) is 18.2. The number of benzene rings is 1. The number of rotatable bonds is 3. The summed E-state index contributed by atoms with van der Waals surface area (Å²) in [4.78, 5) is 0. The highest BCUT2D eigenvalue weighted by atomic mass is 15.3. The largest absolute Gasteiger partial charge is 0.370 e. The minimum atomic E-state index is 0.521. The molecule has 0 saturated heterocycles. The average Bonchev–Trinajstić information content (AvgIpc) is 2.81. The van der Waals surface area contributed by atoms with E-state index in [2.05, 4.69) is 58.4 Å². The molecule has 18 heavy (non-hydrogen) atoms. The van der Waals surface area contributed by atoms with Gasteiger partial charge in [-0.25, -0.2) is 4.68 Å². The van der Waals surface area contributed by atoms with Crippen molar-refractivity contribution in [1.82, 2.24) is 9.78 Å². The number of hydrogen-bond donors (Lipinski definition) is 1. The van der Waals surface area contributed by atoms with Crippen molar-refractivity contribution < 1.29 is 0 Å². The van der Waals surface area contributed by atoms with Crippen LogP contribution in [0.1, 0.15) is 30.5 Å². The molecular weight excluding hydrogens is 222 g/mol. The summed E-state index contributed by atoms with van der Waals surface area (Å²) >= 11 is 0. The topological polar surface area (TPSA) is 29.9 Å². The van der Waals surface area contributed by atoms with Crippen molar-refractivity contribution in [1.29, 1.82) is 0 Å². The van der Waals surface area contributed by atoms with E-state index in [9.17, 15) is 0 Å². The lowest BCUT2D eigenvalue weighted by Gasteiger charge is -2.25. The van der Waals surface area contributed by atoms with Gasteiger partial charge >= 0.3 is 0 Å². The van der Waals surface area contributed by atoms with E-state index >= 15 is 0 Å². The molecule has 1 unspecified atom stereocenters. The Kier molecular flexibility index (Phi) is 3.05. The van der Waals surface area contributed by atoms with Gasteiger partial charge in [-0.3, -0.25) is 0 Å². The SMILES string of the molecule is CCCc1cc2n(n1)CC(c1ccccc1)CN2. The van der Waals surface area contributed by atoms with Gasteiger partial charge in [-0.05, 0) is 12.0 Å². The van der Waals surface area contributed by atoms with Crippen LogP contribution >= 0.6 is 0 Å². The summed E-state index contributed by atoms with van der Waals surface area (Å²) < 4.78 is 2.12. The zero-order valence-electron chi connectivity index (χ0n) is 10.8. The molecule has 3 rings (SSSR count). The standard InChI is InChI=1S/C15H19N3/c1-2-6-14-9-15-16-10-13(11-18(15)17-14)12-7-4-3-5-8-12/h3-5,7-9,13,16H,2,6,10-11H2,1H3. The Morgan fingerprint density at radius 2 is 2.17 bits per heavy atom. The molecule has 3 nitrogen and oxygen atoms in total. The van der Waals surface area contributed by atoms with E-state index in [4.69, 9.17) is 0 Å². The summed E-state index contributed by atoms with van der Waals surface area (Å²) in [5.74, 6) is 1.69. The molecule has 1 aromatic carbocycles. The Labute approximate surface area is 108 Å². The highest BCUT2D eigenvalue weighted by molar-refractivity contribution is 5.40. The van der Waals surface area contributed by atoms with Crippen LogP contribution in [-0.2, 0) is 13.0 Å². The Morgan fingerprint density at radius 3 is 2.94 bits per heavy atom. The zero-order valence-corrected chi connectivity index (χ0v) is 10.8. The van der Waals surface area contributed by atoms with Crippen molar-refractivity contribution in [2.45, 2.75) is 32.2 Å². The minimum absolute atomic E-state index is 0.521. The predicted molar refractivity (Wildman–Crippen MR) is 73.9 cm³/mol. The van der Waals surface area contributed by atoms with E-state index in [0.717, 1.165) is 25.9 Å². The molecule has 1 N–H and O–H groups in total. The molecule has 1 aliphatic heterocycles. The van der Waals surface area contributed by atoms with Crippen molar-refractivity contribution in [3.8, 4) is 0 Å². The zero-order chi connectivity index (χ0) is 12.4. The first-order valence-corrected chi connectivity index (χ1v) is 6.72. The van der Waals surface area contributed by atoms with Gasteiger partial charge in [-0.1, -0.05) is 43.7 Å². The number of nitrogens with zero attached hydrogens (tertiary/aromatic N) is 2. The van der Waals surface area contributed by atoms with Crippen LogP contribution in [0.25, 0.3) is 0 Å². The van der Waals surface area contributed by atoms with E-state index in [1.54, 1.807) is 0 Å². The van der Waals surface area contributed by atoms with Crippen molar-refractivity contribution in [3.63, 3.8) is 0 Å². The summed E-state index contributed by atoms with van der Waals surface area (Å²) in [6.07, 6.45) is 2.22. The molecule has 0 bridgehead atoms. The van der Waals surface area contributed by atoms with Gasteiger partial charge in [0, 0.05) is 18.5 Å². The fraction of sp³-hybridized carbons (Fsp3) is 0.400. The molecule has 3 heteroatoms. The lowest BCUT2D eigenvalue weighted by molar-refractivity contribution is 0.501. The first-order chi connectivity index (χ1) is 8.86. The van der Waals surface area contributed by atoms with Crippen LogP contribution in [0, 0.1) is 0 Å². The second-order valence-electron chi connectivity index (χ2n) is 4.94. The highest BCUT2D eigenvalue weighted by Gasteiger charge is 2.20. The third kappa shape index (κ3) is 2.13. The predicted octanol–water partition coefficient (Wildman–Crippen LogP) is 3.04. The molecule has 0 aliphatic carbocycles. The molecule has 1 aliphatic rings. The van der Waals surface area contributed by atoms with Gasteiger partial charge < -0.3 is 5.32 Å². The summed E-state index contributed by atoms with van der Waals surface area (Å²) in [6, 6.07) is 12.9. The van der Waals surface area contributed by atoms with Crippen molar-refractivity contribution in [2.75, 3.05) is 11.9 Å². The van der Waals surface area contributed by atoms with Crippen LogP contribution in [0.3, 0.4) is 0 Å². The monoisotopic (exact) mass is 241 g/mol. The second-order valence-corrected chi connectivity index (χ2v) is 4.94. The number of anilines is 1. The summed E-state index contributed by atoms with van der Waals surface area (Å²) in [6.45, 7) is 4.18. The first kappa shape index (κ1) is 11.3. The fourth-order valence-corrected chi connectivity index (χ4v) is 2.58. The maximum absolute atomic E-state index is 4.67. The van der Waals surface area contributed by atoms with Gasteiger partial charge in [-0.15, -0.1) is 0 Å². The van der Waals surface area contributed by atoms with Crippen molar-refractivity contribution >= 4 is 5.82 Å². The highest BCUT2D eigenvalue weighted by Crippen LogP contribution is 2.25. The molecule has 1 aromatic heterocycles. The number of aryl methyl sites for hydroxylation is 1. The number of fused-ring (bicyclic) bond motifs is 1. The Bertz CT molecular complexity index is 516. The lowest BCUT2D eigenvalue weighted by atomic mass is 9.98. The van der Waals surface area contributed by atoms with Gasteiger partial charge in [-0.2, -0.15) is 5.10 Å². The molecule has 0 fully saturated rings. The average molecular weight is 241 g/mol. The molecule has 0 spiro atoms. The summed E-state index contributed by atoms with van der Waals surface area (Å²) in [7, 11) is 0. The molecule has 2 heterocycles. The summed E-state index contributed by atoms with van der Waals surface area (Å²) in [5, 5.41) is 8.16. The maximum Gasteiger partial charge on any atom is 0.124 e. The van der Waals surface area contributed by atoms with Gasteiger partial charge in [0.2, 0.25) is 0 Å². The van der Waals surface area contributed by atoms with Crippen LogP contribution in [0.5, 0.6) is 0 Å². The minimum Gasteiger partial charge on any atom is -0.370 e. The molecule has 0 amide bonds. The van der Waals surface area contributed by atoms with Crippen molar-refractivity contribution in [3.05, 3.63) is 47.7 Å². The fourth-order valence-electron chi connectivity index (χ4n) is 2.58. The van der Waals surface area contributed by atoms with Gasteiger partial charge in [0.15, 0.2) is 0 Å². The Morgan fingerprint density at radius 1 is 1.33 bits per heavy atom. The van der Waals surface area contributed by atoms with Gasteiger partial charge in [0.1, 0.15) is 5.82 Å². The molecule has 0 saturated carbocycles. The van der Waals surface area contributed by atoms with E-state index in [1.807, 2.05) is 0 Å². The molecule has 0 radical (unpaired) electrons. The molecule has 2 aromatic rings. The Balaban J connectivity index is 1.80. The van der Waals surface area contributed by atoms with Crippen LogP contribution in [-0.4, -0.2) is 16.3 Å². The van der Waals surface area contributed by atoms with E-state index in [1.165, 1.54) is 17.1 Å². The lowest BCUT2D eigenvalue weighted by Crippen LogP contribution is -2.26. The van der Waals surface area contributed by atoms with Crippen LogP contribution in [0.2, 0.25) is 0 Å². The second kappa shape index (κ2) is 4.84. The third-order valence-corrected chi connectivity index (χ3v) is 3.53. The number of aromatic nitrogens is 2. The van der Waals surface area contributed by atoms with E-state index in [0.29, 0.717) is 5.92 Å². The van der Waals surface area contributed by atoms with Gasteiger partial charge in [0.05, 0.1) is 12.2 Å². The molecular formula is C15H19N3. The van der Waals surface area contributed by atoms with Crippen LogP contribution < -0.4 is 5.32 Å². The number of nitrogens with one attached hydrogen (secondary N) is 1. The Hall–Kier alpha value is -1.77. The third-order valence-electron chi connectivity index (χ3n) is 3.53. The smallest absolute Gasteiger partial charge is 0.124 e. The first-order valence-electron chi connectivity index (χ1n) is 6.72. The van der Waals surface area contributed by atoms with E-state index < -0.39 is 0 Å². The van der Waals surface area contributed by atoms with Crippen molar-refractivity contribution in [2.24, 2.45) is 0 Å². The van der Waals surface area contributed by atoms with Crippen LogP contribution in [0.4, 0.5) is 5.82 Å². The quantitative estimate of drug-likeness (QED) is 0.895. The van der Waals surface area contributed by atoms with Gasteiger partial charge in [0.25, 0.3) is 0 Å². The molecule has 94 valence electrons.